The summed E-state index contributed by atoms with van der Waals surface area (Å²) in [5.74, 6) is 1.40. The van der Waals surface area contributed by atoms with Gasteiger partial charge in [0.05, 0.1) is 20.4 Å². The number of fused-ring (bicyclic) bond motifs is 1. The molecule has 0 aliphatic rings. The van der Waals surface area contributed by atoms with Gasteiger partial charge in [-0.05, 0) is 53.6 Å². The number of rotatable bonds is 8. The predicted molar refractivity (Wildman–Crippen MR) is 129 cm³/mol. The van der Waals surface area contributed by atoms with Crippen LogP contribution in [0.1, 0.15) is 21.7 Å². The summed E-state index contributed by atoms with van der Waals surface area (Å²) in [5, 5.41) is 4.79. The minimum Gasteiger partial charge on any atom is -0.493 e. The Kier molecular flexibility index (Phi) is 6.95. The van der Waals surface area contributed by atoms with E-state index in [2.05, 4.69) is 26.5 Å². The number of hydrogen-bond acceptors (Lipinski definition) is 6. The molecule has 8 heteroatoms. The zero-order chi connectivity index (χ0) is 23.2. The van der Waals surface area contributed by atoms with E-state index in [0.29, 0.717) is 29.4 Å². The Hall–Kier alpha value is -3.78. The molecule has 0 aliphatic heterocycles. The molecule has 4 aromatic rings. The van der Waals surface area contributed by atoms with Crippen LogP contribution in [-0.4, -0.2) is 26.3 Å². The number of halogens is 1. The molecule has 0 unspecified atom stereocenters. The second kappa shape index (κ2) is 10.2. The van der Waals surface area contributed by atoms with Crippen molar-refractivity contribution in [1.82, 2.24) is 5.43 Å². The maximum atomic E-state index is 12.4. The van der Waals surface area contributed by atoms with Crippen LogP contribution in [0.3, 0.4) is 0 Å². The van der Waals surface area contributed by atoms with Gasteiger partial charge in [0, 0.05) is 9.86 Å². The molecule has 3 aromatic carbocycles. The summed E-state index contributed by atoms with van der Waals surface area (Å²) in [4.78, 5) is 12.4. The lowest BCUT2D eigenvalue weighted by molar-refractivity contribution is 0.0929. The van der Waals surface area contributed by atoms with Crippen LogP contribution in [0.4, 0.5) is 0 Å². The van der Waals surface area contributed by atoms with Crippen molar-refractivity contribution in [2.75, 3.05) is 14.2 Å². The number of benzene rings is 3. The first kappa shape index (κ1) is 22.4. The lowest BCUT2D eigenvalue weighted by atomic mass is 10.2. The summed E-state index contributed by atoms with van der Waals surface area (Å²) < 4.78 is 23.2. The van der Waals surface area contributed by atoms with Crippen molar-refractivity contribution in [3.63, 3.8) is 0 Å². The average molecular weight is 509 g/mol. The monoisotopic (exact) mass is 508 g/mol. The van der Waals surface area contributed by atoms with Gasteiger partial charge in [0.1, 0.15) is 6.61 Å². The fourth-order valence-corrected chi connectivity index (χ4v) is 3.42. The second-order valence-electron chi connectivity index (χ2n) is 7.01. The Morgan fingerprint density at radius 1 is 1.00 bits per heavy atom. The van der Waals surface area contributed by atoms with Crippen LogP contribution in [0.2, 0.25) is 0 Å². The molecule has 0 saturated carbocycles. The lowest BCUT2D eigenvalue weighted by Gasteiger charge is -2.11. The normalized spacial score (nSPS) is 11.0. The van der Waals surface area contributed by atoms with Crippen LogP contribution in [0, 0.1) is 0 Å². The van der Waals surface area contributed by atoms with Gasteiger partial charge in [0.2, 0.25) is 0 Å². The van der Waals surface area contributed by atoms with E-state index in [-0.39, 0.29) is 5.76 Å². The van der Waals surface area contributed by atoms with E-state index in [0.717, 1.165) is 21.0 Å². The quantitative estimate of drug-likeness (QED) is 0.249. The summed E-state index contributed by atoms with van der Waals surface area (Å²) in [5.41, 5.74) is 4.75. The molecule has 0 spiro atoms. The van der Waals surface area contributed by atoms with Crippen molar-refractivity contribution in [3.05, 3.63) is 88.1 Å². The zero-order valence-corrected chi connectivity index (χ0v) is 19.6. The number of hydrazone groups is 1. The van der Waals surface area contributed by atoms with Crippen molar-refractivity contribution in [2.45, 2.75) is 6.61 Å². The van der Waals surface area contributed by atoms with E-state index >= 15 is 0 Å². The zero-order valence-electron chi connectivity index (χ0n) is 18.0. The molecule has 1 heterocycles. The standard InChI is InChI=1S/C25H21BrN2O5/c1-30-21-5-3-4-18-13-23(33-24(18)21)25(29)28-27-14-17-8-11-20(22(12-17)31-2)32-15-16-6-9-19(26)10-7-16/h3-14H,15H2,1-2H3,(H,28,29)/b27-14-. The van der Waals surface area contributed by atoms with Gasteiger partial charge in [-0.2, -0.15) is 5.10 Å². The van der Waals surface area contributed by atoms with Crippen molar-refractivity contribution in [2.24, 2.45) is 5.10 Å². The number of nitrogens with zero attached hydrogens (tertiary/aromatic N) is 1. The smallest absolute Gasteiger partial charge is 0.307 e. The van der Waals surface area contributed by atoms with Gasteiger partial charge >= 0.3 is 5.91 Å². The van der Waals surface area contributed by atoms with Gasteiger partial charge in [-0.3, -0.25) is 4.79 Å². The summed E-state index contributed by atoms with van der Waals surface area (Å²) in [6.45, 7) is 0.412. The maximum absolute atomic E-state index is 12.4. The molecular weight excluding hydrogens is 488 g/mol. The Morgan fingerprint density at radius 3 is 2.55 bits per heavy atom. The van der Waals surface area contributed by atoms with Crippen LogP contribution < -0.4 is 19.6 Å². The molecular formula is C25H21BrN2O5. The number of methoxy groups -OCH3 is 2. The first-order valence-corrected chi connectivity index (χ1v) is 10.8. The third-order valence-electron chi connectivity index (χ3n) is 4.83. The van der Waals surface area contributed by atoms with Crippen LogP contribution in [0.15, 0.2) is 80.7 Å². The Morgan fingerprint density at radius 2 is 1.79 bits per heavy atom. The number of carbonyl (C=O) groups excluding carboxylic acids is 1. The maximum Gasteiger partial charge on any atom is 0.307 e. The van der Waals surface area contributed by atoms with E-state index in [1.54, 1.807) is 38.5 Å². The summed E-state index contributed by atoms with van der Waals surface area (Å²) in [6, 6.07) is 20.4. The van der Waals surface area contributed by atoms with E-state index < -0.39 is 5.91 Å². The molecule has 0 fully saturated rings. The van der Waals surface area contributed by atoms with Crippen LogP contribution in [0.5, 0.6) is 17.2 Å². The van der Waals surface area contributed by atoms with Crippen LogP contribution >= 0.6 is 15.9 Å². The van der Waals surface area contributed by atoms with Gasteiger partial charge in [-0.25, -0.2) is 5.43 Å². The number of carbonyl (C=O) groups is 1. The molecule has 1 N–H and O–H groups in total. The highest BCUT2D eigenvalue weighted by atomic mass is 79.9. The molecule has 7 nitrogen and oxygen atoms in total. The number of ether oxygens (including phenoxy) is 3. The fourth-order valence-electron chi connectivity index (χ4n) is 3.15. The molecule has 0 saturated heterocycles. The minimum absolute atomic E-state index is 0.140. The third-order valence-corrected chi connectivity index (χ3v) is 5.36. The Bertz CT molecular complexity index is 1300. The summed E-state index contributed by atoms with van der Waals surface area (Å²) in [7, 11) is 3.12. The van der Waals surface area contributed by atoms with E-state index in [1.165, 1.54) is 6.21 Å². The summed E-state index contributed by atoms with van der Waals surface area (Å²) >= 11 is 3.42. The van der Waals surface area contributed by atoms with Crippen molar-refractivity contribution in [3.8, 4) is 17.2 Å². The molecule has 0 aliphatic carbocycles. The van der Waals surface area contributed by atoms with Crippen LogP contribution in [0.25, 0.3) is 11.0 Å². The molecule has 0 bridgehead atoms. The van der Waals surface area contributed by atoms with Gasteiger partial charge in [-0.15, -0.1) is 0 Å². The number of furan rings is 1. The molecule has 4 rings (SSSR count). The van der Waals surface area contributed by atoms with Gasteiger partial charge in [0.15, 0.2) is 28.6 Å². The van der Waals surface area contributed by atoms with Crippen molar-refractivity contribution >= 4 is 39.0 Å². The van der Waals surface area contributed by atoms with Gasteiger partial charge < -0.3 is 18.6 Å². The SMILES string of the molecule is COc1cc(/C=N\NC(=O)c2cc3cccc(OC)c3o2)ccc1OCc1ccc(Br)cc1. The summed E-state index contributed by atoms with van der Waals surface area (Å²) in [6.07, 6.45) is 1.52. The minimum atomic E-state index is -0.467. The largest absolute Gasteiger partial charge is 0.493 e. The van der Waals surface area contributed by atoms with Crippen molar-refractivity contribution in [1.29, 1.82) is 0 Å². The first-order valence-electron chi connectivity index (χ1n) is 10.0. The van der Waals surface area contributed by atoms with E-state index in [4.69, 9.17) is 18.6 Å². The molecule has 1 amide bonds. The Labute approximate surface area is 199 Å². The highest BCUT2D eigenvalue weighted by molar-refractivity contribution is 9.10. The average Bonchev–Trinajstić information content (AvgIpc) is 3.29. The Balaban J connectivity index is 1.40. The highest BCUT2D eigenvalue weighted by Crippen LogP contribution is 2.29. The predicted octanol–water partition coefficient (Wildman–Crippen LogP) is 5.56. The first-order chi connectivity index (χ1) is 16.1. The number of para-hydroxylation sites is 1. The number of amides is 1. The molecule has 1 aromatic heterocycles. The molecule has 0 radical (unpaired) electrons. The lowest BCUT2D eigenvalue weighted by Crippen LogP contribution is -2.16. The number of nitrogens with one attached hydrogen (secondary N) is 1. The van der Waals surface area contributed by atoms with Gasteiger partial charge in [0.25, 0.3) is 0 Å². The number of hydrogen-bond donors (Lipinski definition) is 1. The molecule has 168 valence electrons. The van der Waals surface area contributed by atoms with Gasteiger partial charge in [-0.1, -0.05) is 40.2 Å². The molecule has 33 heavy (non-hydrogen) atoms. The second-order valence-corrected chi connectivity index (χ2v) is 7.93. The fraction of sp³-hybridized carbons (Fsp3) is 0.120. The van der Waals surface area contributed by atoms with Crippen molar-refractivity contribution < 1.29 is 23.4 Å². The molecule has 0 atom stereocenters. The topological polar surface area (TPSA) is 82.3 Å². The van der Waals surface area contributed by atoms with E-state index in [9.17, 15) is 4.79 Å². The highest BCUT2D eigenvalue weighted by Gasteiger charge is 2.14. The third kappa shape index (κ3) is 5.35. The van der Waals surface area contributed by atoms with E-state index in [1.807, 2.05) is 42.5 Å². The van der Waals surface area contributed by atoms with Crippen LogP contribution in [-0.2, 0) is 6.61 Å².